The van der Waals surface area contributed by atoms with Crippen molar-refractivity contribution >= 4 is 34.0 Å². The summed E-state index contributed by atoms with van der Waals surface area (Å²) >= 11 is 0. The van der Waals surface area contributed by atoms with E-state index in [1.807, 2.05) is 6.07 Å². The molecule has 3 rings (SSSR count). The Bertz CT molecular complexity index is 957. The number of para-hydroxylation sites is 1. The van der Waals surface area contributed by atoms with Crippen molar-refractivity contribution in [2.24, 2.45) is 0 Å². The first-order valence-electron chi connectivity index (χ1n) is 7.04. The van der Waals surface area contributed by atoms with Gasteiger partial charge in [0.2, 0.25) is 11.5 Å². The molecule has 3 aromatic rings. The number of benzene rings is 1. The molecule has 3 amide bonds. The number of hydrogen-bond acceptors (Lipinski definition) is 5. The lowest BCUT2D eigenvalue weighted by Crippen LogP contribution is -2.42. The number of nitrogens with zero attached hydrogens (tertiary/aromatic N) is 2. The van der Waals surface area contributed by atoms with Crippen LogP contribution in [0, 0.1) is 0 Å². The SMILES string of the molecule is CCNC(=O)NC(=O)Cn1cnc2c(oc3ccccc32)c1=O. The minimum absolute atomic E-state index is 0.0829. The van der Waals surface area contributed by atoms with Crippen LogP contribution in [0.4, 0.5) is 4.79 Å². The predicted molar refractivity (Wildman–Crippen MR) is 83.0 cm³/mol. The average Bonchev–Trinajstić information content (AvgIpc) is 2.90. The second kappa shape index (κ2) is 5.91. The van der Waals surface area contributed by atoms with Crippen LogP contribution in [0.3, 0.4) is 0 Å². The lowest BCUT2D eigenvalue weighted by atomic mass is 10.2. The summed E-state index contributed by atoms with van der Waals surface area (Å²) in [6.45, 7) is 1.80. The molecule has 0 atom stereocenters. The first kappa shape index (κ1) is 14.8. The Hall–Kier alpha value is -3.16. The number of fused-ring (bicyclic) bond motifs is 3. The van der Waals surface area contributed by atoms with Crippen LogP contribution in [0.2, 0.25) is 0 Å². The summed E-state index contributed by atoms with van der Waals surface area (Å²) < 4.78 is 6.61. The Labute approximate surface area is 130 Å². The van der Waals surface area contributed by atoms with Crippen molar-refractivity contribution in [1.82, 2.24) is 20.2 Å². The highest BCUT2D eigenvalue weighted by molar-refractivity contribution is 6.01. The molecule has 2 aromatic heterocycles. The zero-order valence-electron chi connectivity index (χ0n) is 12.3. The van der Waals surface area contributed by atoms with Gasteiger partial charge in [-0.1, -0.05) is 12.1 Å². The van der Waals surface area contributed by atoms with Gasteiger partial charge in [0.1, 0.15) is 17.6 Å². The fraction of sp³-hybridized carbons (Fsp3) is 0.200. The topological polar surface area (TPSA) is 106 Å². The van der Waals surface area contributed by atoms with Gasteiger partial charge in [0.05, 0.1) is 6.33 Å². The minimum Gasteiger partial charge on any atom is -0.448 e. The second-order valence-corrected chi connectivity index (χ2v) is 4.86. The maximum Gasteiger partial charge on any atom is 0.321 e. The molecule has 0 aliphatic carbocycles. The molecule has 0 fully saturated rings. The Morgan fingerprint density at radius 1 is 1.30 bits per heavy atom. The number of carbonyl (C=O) groups excluding carboxylic acids is 2. The third-order valence-corrected chi connectivity index (χ3v) is 3.25. The van der Waals surface area contributed by atoms with Gasteiger partial charge < -0.3 is 9.73 Å². The van der Waals surface area contributed by atoms with Gasteiger partial charge in [0.25, 0.3) is 5.56 Å². The third kappa shape index (κ3) is 2.78. The molecule has 2 N–H and O–H groups in total. The number of carbonyl (C=O) groups is 2. The van der Waals surface area contributed by atoms with Crippen molar-refractivity contribution < 1.29 is 14.0 Å². The summed E-state index contributed by atoms with van der Waals surface area (Å²) in [5.74, 6) is -0.615. The standard InChI is InChI=1S/C15H14N4O4/c1-2-16-15(22)18-11(20)7-19-8-17-12-9-5-3-4-6-10(9)23-13(12)14(19)21/h3-6,8H,2,7H2,1H3,(H2,16,18,20,22). The Balaban J connectivity index is 1.92. The largest absolute Gasteiger partial charge is 0.448 e. The smallest absolute Gasteiger partial charge is 0.321 e. The van der Waals surface area contributed by atoms with Crippen LogP contribution in [0.15, 0.2) is 39.8 Å². The maximum absolute atomic E-state index is 12.4. The van der Waals surface area contributed by atoms with E-state index in [1.54, 1.807) is 25.1 Å². The summed E-state index contributed by atoms with van der Waals surface area (Å²) in [6, 6.07) is 6.55. The first-order chi connectivity index (χ1) is 11.1. The fourth-order valence-corrected chi connectivity index (χ4v) is 2.25. The number of urea groups is 1. The van der Waals surface area contributed by atoms with Crippen molar-refractivity contribution in [3.05, 3.63) is 40.9 Å². The van der Waals surface area contributed by atoms with Crippen molar-refractivity contribution in [2.45, 2.75) is 13.5 Å². The van der Waals surface area contributed by atoms with E-state index in [-0.39, 0.29) is 12.1 Å². The Kier molecular flexibility index (Phi) is 3.80. The molecule has 0 spiro atoms. The maximum atomic E-state index is 12.4. The molecule has 0 unspecified atom stereocenters. The fourth-order valence-electron chi connectivity index (χ4n) is 2.25. The molecule has 0 bridgehead atoms. The Morgan fingerprint density at radius 2 is 2.09 bits per heavy atom. The van der Waals surface area contributed by atoms with Crippen LogP contribution in [0.25, 0.3) is 22.1 Å². The molecule has 0 saturated heterocycles. The molecule has 0 aliphatic rings. The third-order valence-electron chi connectivity index (χ3n) is 3.25. The zero-order chi connectivity index (χ0) is 16.4. The van der Waals surface area contributed by atoms with Gasteiger partial charge in [-0.3, -0.25) is 19.5 Å². The Morgan fingerprint density at radius 3 is 2.87 bits per heavy atom. The number of amides is 3. The summed E-state index contributed by atoms with van der Waals surface area (Å²) in [7, 11) is 0. The van der Waals surface area contributed by atoms with Crippen molar-refractivity contribution in [3.63, 3.8) is 0 Å². The number of hydrogen-bond donors (Lipinski definition) is 2. The highest BCUT2D eigenvalue weighted by Crippen LogP contribution is 2.23. The van der Waals surface area contributed by atoms with E-state index in [1.165, 1.54) is 6.33 Å². The summed E-state index contributed by atoms with van der Waals surface area (Å²) in [4.78, 5) is 39.6. The molecule has 2 heterocycles. The molecule has 0 radical (unpaired) electrons. The van der Waals surface area contributed by atoms with Gasteiger partial charge in [0, 0.05) is 11.9 Å². The van der Waals surface area contributed by atoms with E-state index in [0.29, 0.717) is 17.6 Å². The van der Waals surface area contributed by atoms with Gasteiger partial charge in [-0.15, -0.1) is 0 Å². The van der Waals surface area contributed by atoms with Crippen LogP contribution < -0.4 is 16.2 Å². The van der Waals surface area contributed by atoms with Crippen LogP contribution in [0.1, 0.15) is 6.92 Å². The molecule has 8 nitrogen and oxygen atoms in total. The molecule has 8 heteroatoms. The van der Waals surface area contributed by atoms with E-state index in [2.05, 4.69) is 15.6 Å². The van der Waals surface area contributed by atoms with Crippen LogP contribution >= 0.6 is 0 Å². The van der Waals surface area contributed by atoms with Crippen molar-refractivity contribution in [1.29, 1.82) is 0 Å². The average molecular weight is 314 g/mol. The van der Waals surface area contributed by atoms with Crippen LogP contribution in [-0.2, 0) is 11.3 Å². The highest BCUT2D eigenvalue weighted by Gasteiger charge is 2.15. The van der Waals surface area contributed by atoms with E-state index < -0.39 is 17.5 Å². The lowest BCUT2D eigenvalue weighted by Gasteiger charge is -2.06. The summed E-state index contributed by atoms with van der Waals surface area (Å²) in [5, 5.41) is 5.29. The first-order valence-corrected chi connectivity index (χ1v) is 7.04. The van der Waals surface area contributed by atoms with Crippen LogP contribution in [0.5, 0.6) is 0 Å². The molecular formula is C15H14N4O4. The number of rotatable bonds is 3. The van der Waals surface area contributed by atoms with Gasteiger partial charge in [-0.25, -0.2) is 9.78 Å². The van der Waals surface area contributed by atoms with Crippen molar-refractivity contribution in [3.8, 4) is 0 Å². The zero-order valence-corrected chi connectivity index (χ0v) is 12.3. The number of imide groups is 1. The van der Waals surface area contributed by atoms with Crippen LogP contribution in [-0.4, -0.2) is 28.0 Å². The molecule has 118 valence electrons. The highest BCUT2D eigenvalue weighted by atomic mass is 16.3. The van der Waals surface area contributed by atoms with E-state index in [4.69, 9.17) is 4.42 Å². The quantitative estimate of drug-likeness (QED) is 0.750. The van der Waals surface area contributed by atoms with Gasteiger partial charge in [-0.05, 0) is 19.1 Å². The summed E-state index contributed by atoms with van der Waals surface area (Å²) in [5.41, 5.74) is 0.611. The van der Waals surface area contributed by atoms with E-state index in [0.717, 1.165) is 9.95 Å². The normalized spacial score (nSPS) is 10.8. The lowest BCUT2D eigenvalue weighted by molar-refractivity contribution is -0.120. The van der Waals surface area contributed by atoms with E-state index >= 15 is 0 Å². The molecule has 23 heavy (non-hydrogen) atoms. The number of nitrogens with one attached hydrogen (secondary N) is 2. The second-order valence-electron chi connectivity index (χ2n) is 4.86. The number of furan rings is 1. The van der Waals surface area contributed by atoms with Gasteiger partial charge in [-0.2, -0.15) is 0 Å². The van der Waals surface area contributed by atoms with Gasteiger partial charge in [0.15, 0.2) is 0 Å². The van der Waals surface area contributed by atoms with Gasteiger partial charge >= 0.3 is 6.03 Å². The summed E-state index contributed by atoms with van der Waals surface area (Å²) in [6.07, 6.45) is 1.27. The molecule has 0 aliphatic heterocycles. The molecular weight excluding hydrogens is 300 g/mol. The molecule has 0 saturated carbocycles. The minimum atomic E-state index is -0.615. The number of aromatic nitrogens is 2. The van der Waals surface area contributed by atoms with E-state index in [9.17, 15) is 14.4 Å². The predicted octanol–water partition coefficient (Wildman–Crippen LogP) is 0.988. The monoisotopic (exact) mass is 314 g/mol. The molecule has 1 aromatic carbocycles. The van der Waals surface area contributed by atoms with Crippen molar-refractivity contribution in [2.75, 3.05) is 6.54 Å².